The fraction of sp³-hybridized carbons (Fsp3) is 0.643. The number of methoxy groups -OCH3 is 1. The zero-order chi connectivity index (χ0) is 14.4. The van der Waals surface area contributed by atoms with Gasteiger partial charge in [0, 0.05) is 37.9 Å². The molecule has 1 saturated carbocycles. The van der Waals surface area contributed by atoms with Crippen molar-refractivity contribution in [3.63, 3.8) is 0 Å². The molecular weight excluding hydrogens is 258 g/mol. The number of rotatable bonds is 8. The number of esters is 1. The molecule has 1 heterocycles. The number of ether oxygens (including phenoxy) is 1. The minimum Gasteiger partial charge on any atom is -0.469 e. The van der Waals surface area contributed by atoms with E-state index in [0.717, 1.165) is 25.8 Å². The Morgan fingerprint density at radius 2 is 2.20 bits per heavy atom. The molecular formula is C14H21N3O3. The Labute approximate surface area is 118 Å². The first-order valence-corrected chi connectivity index (χ1v) is 7.02. The third kappa shape index (κ3) is 4.36. The number of carbonyl (C=O) groups is 2. The number of hydrogen-bond donors (Lipinski definition) is 0. The van der Waals surface area contributed by atoms with Gasteiger partial charge in [0.15, 0.2) is 0 Å². The third-order valence-electron chi connectivity index (χ3n) is 3.46. The normalized spacial score (nSPS) is 14.1. The lowest BCUT2D eigenvalue weighted by molar-refractivity contribution is -0.142. The number of nitrogens with zero attached hydrogens (tertiary/aromatic N) is 3. The van der Waals surface area contributed by atoms with Crippen LogP contribution in [0.1, 0.15) is 25.7 Å². The van der Waals surface area contributed by atoms with Gasteiger partial charge in [-0.1, -0.05) is 0 Å². The smallest absolute Gasteiger partial charge is 0.307 e. The van der Waals surface area contributed by atoms with Gasteiger partial charge in [-0.25, -0.2) is 4.98 Å². The molecule has 6 heteroatoms. The molecule has 1 aromatic heterocycles. The summed E-state index contributed by atoms with van der Waals surface area (Å²) in [6, 6.07) is 0. The van der Waals surface area contributed by atoms with Gasteiger partial charge in [-0.05, 0) is 19.3 Å². The first-order valence-electron chi connectivity index (χ1n) is 7.02. The highest BCUT2D eigenvalue weighted by atomic mass is 16.5. The molecule has 1 fully saturated rings. The van der Waals surface area contributed by atoms with Crippen LogP contribution in [-0.2, 0) is 20.9 Å². The number of aryl methyl sites for hydroxylation is 1. The van der Waals surface area contributed by atoms with Gasteiger partial charge in [0.2, 0.25) is 5.91 Å². The maximum Gasteiger partial charge on any atom is 0.307 e. The van der Waals surface area contributed by atoms with Crippen molar-refractivity contribution in [2.75, 3.05) is 20.2 Å². The van der Waals surface area contributed by atoms with Gasteiger partial charge in [0.1, 0.15) is 0 Å². The fourth-order valence-electron chi connectivity index (χ4n) is 2.11. The van der Waals surface area contributed by atoms with E-state index in [-0.39, 0.29) is 24.2 Å². The zero-order valence-electron chi connectivity index (χ0n) is 11.8. The van der Waals surface area contributed by atoms with Gasteiger partial charge in [0.05, 0.1) is 19.9 Å². The van der Waals surface area contributed by atoms with Crippen molar-refractivity contribution in [2.24, 2.45) is 5.92 Å². The lowest BCUT2D eigenvalue weighted by atomic mass is 10.2. The van der Waals surface area contributed by atoms with Crippen LogP contribution >= 0.6 is 0 Å². The monoisotopic (exact) mass is 279 g/mol. The van der Waals surface area contributed by atoms with Gasteiger partial charge < -0.3 is 14.2 Å². The van der Waals surface area contributed by atoms with E-state index in [0.29, 0.717) is 13.1 Å². The Hall–Kier alpha value is -1.85. The highest BCUT2D eigenvalue weighted by Crippen LogP contribution is 2.31. The molecule has 0 aromatic carbocycles. The molecule has 0 saturated heterocycles. The summed E-state index contributed by atoms with van der Waals surface area (Å²) in [6.07, 6.45) is 8.49. The van der Waals surface area contributed by atoms with Crippen LogP contribution in [-0.4, -0.2) is 46.5 Å². The molecule has 20 heavy (non-hydrogen) atoms. The Balaban J connectivity index is 1.78. The number of carbonyl (C=O) groups excluding carboxylic acids is 2. The summed E-state index contributed by atoms with van der Waals surface area (Å²) in [7, 11) is 1.37. The summed E-state index contributed by atoms with van der Waals surface area (Å²) < 4.78 is 6.62. The average molecular weight is 279 g/mol. The predicted octanol–water partition coefficient (Wildman–Crippen LogP) is 1.07. The van der Waals surface area contributed by atoms with Crippen LogP contribution in [0.5, 0.6) is 0 Å². The highest BCUT2D eigenvalue weighted by molar-refractivity contribution is 5.81. The van der Waals surface area contributed by atoms with E-state index < -0.39 is 0 Å². The van der Waals surface area contributed by atoms with Gasteiger partial charge in [-0.3, -0.25) is 9.59 Å². The van der Waals surface area contributed by atoms with E-state index in [1.807, 2.05) is 10.8 Å². The van der Waals surface area contributed by atoms with Crippen LogP contribution in [0.2, 0.25) is 0 Å². The maximum atomic E-state index is 12.2. The van der Waals surface area contributed by atoms with Crippen LogP contribution < -0.4 is 0 Å². The van der Waals surface area contributed by atoms with Crippen molar-refractivity contribution in [3.05, 3.63) is 18.7 Å². The van der Waals surface area contributed by atoms with E-state index in [4.69, 9.17) is 0 Å². The number of imidazole rings is 1. The summed E-state index contributed by atoms with van der Waals surface area (Å²) in [5, 5.41) is 0. The van der Waals surface area contributed by atoms with Crippen molar-refractivity contribution in [2.45, 2.75) is 32.2 Å². The third-order valence-corrected chi connectivity index (χ3v) is 3.46. The molecule has 0 radical (unpaired) electrons. The van der Waals surface area contributed by atoms with Crippen LogP contribution in [0.3, 0.4) is 0 Å². The van der Waals surface area contributed by atoms with Crippen LogP contribution in [0.25, 0.3) is 0 Å². The Morgan fingerprint density at radius 1 is 1.40 bits per heavy atom. The second-order valence-corrected chi connectivity index (χ2v) is 5.08. The van der Waals surface area contributed by atoms with E-state index in [1.165, 1.54) is 7.11 Å². The fourth-order valence-corrected chi connectivity index (χ4v) is 2.11. The van der Waals surface area contributed by atoms with Crippen LogP contribution in [0.15, 0.2) is 18.7 Å². The second kappa shape index (κ2) is 7.07. The van der Waals surface area contributed by atoms with E-state index in [9.17, 15) is 9.59 Å². The van der Waals surface area contributed by atoms with E-state index >= 15 is 0 Å². The standard InChI is InChI=1S/C14H21N3O3/c1-20-13(18)5-9-17(14(19)12-3-4-12)8-2-7-16-10-6-15-11-16/h6,10-12H,2-5,7-9H2,1H3. The van der Waals surface area contributed by atoms with Crippen molar-refractivity contribution < 1.29 is 14.3 Å². The Bertz CT molecular complexity index is 441. The number of amides is 1. The minimum absolute atomic E-state index is 0.180. The molecule has 6 nitrogen and oxygen atoms in total. The second-order valence-electron chi connectivity index (χ2n) is 5.08. The lowest BCUT2D eigenvalue weighted by Crippen LogP contribution is -2.35. The summed E-state index contributed by atoms with van der Waals surface area (Å²) in [5.74, 6) is 0.0913. The molecule has 0 atom stereocenters. The molecule has 0 aliphatic heterocycles. The average Bonchev–Trinajstić information content (AvgIpc) is 3.19. The lowest BCUT2D eigenvalue weighted by Gasteiger charge is -2.22. The molecule has 2 rings (SSSR count). The summed E-state index contributed by atoms with van der Waals surface area (Å²) in [4.78, 5) is 29.1. The number of aromatic nitrogens is 2. The zero-order valence-corrected chi connectivity index (χ0v) is 11.8. The molecule has 1 aliphatic rings. The first kappa shape index (κ1) is 14.6. The molecule has 110 valence electrons. The van der Waals surface area contributed by atoms with Gasteiger partial charge in [-0.2, -0.15) is 0 Å². The summed E-state index contributed by atoms with van der Waals surface area (Å²) >= 11 is 0. The van der Waals surface area contributed by atoms with Gasteiger partial charge >= 0.3 is 5.97 Å². The summed E-state index contributed by atoms with van der Waals surface area (Å²) in [6.45, 7) is 1.95. The molecule has 0 spiro atoms. The van der Waals surface area contributed by atoms with Crippen molar-refractivity contribution >= 4 is 11.9 Å². The van der Waals surface area contributed by atoms with Gasteiger partial charge in [0.25, 0.3) is 0 Å². The largest absolute Gasteiger partial charge is 0.469 e. The van der Waals surface area contributed by atoms with Crippen LogP contribution in [0.4, 0.5) is 0 Å². The Morgan fingerprint density at radius 3 is 2.80 bits per heavy atom. The molecule has 1 aromatic rings. The number of hydrogen-bond acceptors (Lipinski definition) is 4. The van der Waals surface area contributed by atoms with Crippen molar-refractivity contribution in [1.29, 1.82) is 0 Å². The van der Waals surface area contributed by atoms with Crippen molar-refractivity contribution in [1.82, 2.24) is 14.5 Å². The molecule has 0 unspecified atom stereocenters. The van der Waals surface area contributed by atoms with Gasteiger partial charge in [-0.15, -0.1) is 0 Å². The van der Waals surface area contributed by atoms with E-state index in [2.05, 4.69) is 9.72 Å². The van der Waals surface area contributed by atoms with Crippen molar-refractivity contribution in [3.8, 4) is 0 Å². The molecule has 1 aliphatic carbocycles. The molecule has 0 N–H and O–H groups in total. The highest BCUT2D eigenvalue weighted by Gasteiger charge is 2.33. The summed E-state index contributed by atoms with van der Waals surface area (Å²) in [5.41, 5.74) is 0. The SMILES string of the molecule is COC(=O)CCN(CCCn1ccnc1)C(=O)C1CC1. The minimum atomic E-state index is -0.270. The molecule has 0 bridgehead atoms. The maximum absolute atomic E-state index is 12.2. The first-order chi connectivity index (χ1) is 9.70. The predicted molar refractivity (Wildman–Crippen MR) is 72.8 cm³/mol. The topological polar surface area (TPSA) is 64.4 Å². The molecule has 1 amide bonds. The quantitative estimate of drug-likeness (QED) is 0.668. The van der Waals surface area contributed by atoms with Crippen LogP contribution in [0, 0.1) is 5.92 Å². The Kier molecular flexibility index (Phi) is 5.15. The van der Waals surface area contributed by atoms with E-state index in [1.54, 1.807) is 17.4 Å².